The SMILES string of the molecule is O=C(OC12CC(C(=O)OCc3ccccc3)(C1)C2)c1ccccc1. The number of carbonyl (C=O) groups is 2. The highest BCUT2D eigenvalue weighted by atomic mass is 16.6. The Balaban J connectivity index is 1.29. The molecule has 3 aliphatic rings. The van der Waals surface area contributed by atoms with Gasteiger partial charge in [-0.05, 0) is 17.7 Å². The summed E-state index contributed by atoms with van der Waals surface area (Å²) in [5, 5.41) is 0. The Morgan fingerprint density at radius 2 is 1.46 bits per heavy atom. The molecular weight excluding hydrogens is 304 g/mol. The van der Waals surface area contributed by atoms with Crippen LogP contribution in [0.5, 0.6) is 0 Å². The van der Waals surface area contributed by atoms with Crippen molar-refractivity contribution in [3.8, 4) is 0 Å². The summed E-state index contributed by atoms with van der Waals surface area (Å²) in [5.41, 5.74) is 0.621. The monoisotopic (exact) mass is 322 g/mol. The molecule has 0 amide bonds. The van der Waals surface area contributed by atoms with Gasteiger partial charge in [0.05, 0.1) is 11.0 Å². The molecular formula is C20H18O4. The Labute approximate surface area is 140 Å². The lowest BCUT2D eigenvalue weighted by Crippen LogP contribution is -2.72. The number of benzene rings is 2. The number of esters is 2. The minimum Gasteiger partial charge on any atom is -0.460 e. The van der Waals surface area contributed by atoms with Crippen molar-refractivity contribution in [1.29, 1.82) is 0 Å². The van der Waals surface area contributed by atoms with Crippen LogP contribution in [-0.2, 0) is 20.9 Å². The smallest absolute Gasteiger partial charge is 0.338 e. The minimum atomic E-state index is -0.460. The van der Waals surface area contributed by atoms with Gasteiger partial charge < -0.3 is 9.47 Å². The van der Waals surface area contributed by atoms with Gasteiger partial charge in [0, 0.05) is 19.3 Å². The van der Waals surface area contributed by atoms with Gasteiger partial charge in [-0.15, -0.1) is 0 Å². The maximum atomic E-state index is 12.3. The van der Waals surface area contributed by atoms with Gasteiger partial charge in [0.15, 0.2) is 0 Å². The van der Waals surface area contributed by atoms with Crippen molar-refractivity contribution in [2.24, 2.45) is 5.41 Å². The number of carbonyl (C=O) groups excluding carboxylic acids is 2. The molecule has 3 saturated carbocycles. The van der Waals surface area contributed by atoms with Crippen LogP contribution in [0.2, 0.25) is 0 Å². The van der Waals surface area contributed by atoms with E-state index in [2.05, 4.69) is 0 Å². The molecule has 0 saturated heterocycles. The largest absolute Gasteiger partial charge is 0.460 e. The van der Waals surface area contributed by atoms with Crippen molar-refractivity contribution in [2.75, 3.05) is 0 Å². The molecule has 0 unspecified atom stereocenters. The Hall–Kier alpha value is -2.62. The molecule has 2 bridgehead atoms. The van der Waals surface area contributed by atoms with Crippen molar-refractivity contribution in [3.05, 3.63) is 71.8 Å². The highest BCUT2D eigenvalue weighted by molar-refractivity contribution is 5.90. The van der Waals surface area contributed by atoms with Gasteiger partial charge in [-0.1, -0.05) is 48.5 Å². The van der Waals surface area contributed by atoms with Crippen LogP contribution >= 0.6 is 0 Å². The highest BCUT2D eigenvalue weighted by Crippen LogP contribution is 2.69. The molecule has 0 aromatic heterocycles. The van der Waals surface area contributed by atoms with Gasteiger partial charge in [0.1, 0.15) is 12.2 Å². The van der Waals surface area contributed by atoms with Gasteiger partial charge in [0.25, 0.3) is 0 Å². The standard InChI is InChI=1S/C20H18O4/c21-17(16-9-5-2-6-10-16)24-20-12-19(13-20,14-20)18(22)23-11-15-7-3-1-4-8-15/h1-10H,11-14H2. The van der Waals surface area contributed by atoms with Crippen LogP contribution in [0, 0.1) is 5.41 Å². The average molecular weight is 322 g/mol. The fourth-order valence-corrected chi connectivity index (χ4v) is 3.73. The van der Waals surface area contributed by atoms with E-state index in [0.29, 0.717) is 24.8 Å². The van der Waals surface area contributed by atoms with Crippen molar-refractivity contribution in [3.63, 3.8) is 0 Å². The summed E-state index contributed by atoms with van der Waals surface area (Å²) in [5.74, 6) is -0.495. The fourth-order valence-electron chi connectivity index (χ4n) is 3.73. The Bertz CT molecular complexity index is 747. The van der Waals surface area contributed by atoms with Gasteiger partial charge in [-0.25, -0.2) is 4.79 Å². The Morgan fingerprint density at radius 1 is 0.875 bits per heavy atom. The van der Waals surface area contributed by atoms with Crippen molar-refractivity contribution in [2.45, 2.75) is 31.5 Å². The van der Waals surface area contributed by atoms with E-state index < -0.39 is 11.0 Å². The maximum Gasteiger partial charge on any atom is 0.338 e. The van der Waals surface area contributed by atoms with E-state index in [1.54, 1.807) is 24.3 Å². The molecule has 122 valence electrons. The maximum absolute atomic E-state index is 12.3. The second-order valence-electron chi connectivity index (χ2n) is 6.81. The summed E-state index contributed by atoms with van der Waals surface area (Å²) in [6.45, 7) is 0.290. The normalized spacial score (nSPS) is 26.7. The zero-order valence-corrected chi connectivity index (χ0v) is 13.2. The molecule has 0 aliphatic heterocycles. The molecule has 0 radical (unpaired) electrons. The van der Waals surface area contributed by atoms with Crippen LogP contribution in [0.1, 0.15) is 35.2 Å². The first kappa shape index (κ1) is 14.9. The second kappa shape index (κ2) is 5.48. The van der Waals surface area contributed by atoms with E-state index in [1.165, 1.54) is 0 Å². The van der Waals surface area contributed by atoms with E-state index in [1.807, 2.05) is 36.4 Å². The summed E-state index contributed by atoms with van der Waals surface area (Å²) < 4.78 is 11.0. The molecule has 4 nitrogen and oxygen atoms in total. The molecule has 0 N–H and O–H groups in total. The first-order valence-corrected chi connectivity index (χ1v) is 8.11. The molecule has 3 aliphatic carbocycles. The predicted molar refractivity (Wildman–Crippen MR) is 87.1 cm³/mol. The lowest BCUT2D eigenvalue weighted by molar-refractivity contribution is -0.262. The Morgan fingerprint density at radius 3 is 2.08 bits per heavy atom. The number of ether oxygens (including phenoxy) is 2. The third kappa shape index (κ3) is 2.48. The van der Waals surface area contributed by atoms with Crippen LogP contribution in [0.3, 0.4) is 0 Å². The van der Waals surface area contributed by atoms with E-state index in [-0.39, 0.29) is 18.5 Å². The molecule has 0 spiro atoms. The minimum absolute atomic E-state index is 0.177. The number of hydrogen-bond acceptors (Lipinski definition) is 4. The van der Waals surface area contributed by atoms with Crippen LogP contribution in [0.25, 0.3) is 0 Å². The van der Waals surface area contributed by atoms with Crippen molar-refractivity contribution < 1.29 is 19.1 Å². The molecule has 3 fully saturated rings. The topological polar surface area (TPSA) is 52.6 Å². The second-order valence-corrected chi connectivity index (χ2v) is 6.81. The fraction of sp³-hybridized carbons (Fsp3) is 0.300. The van der Waals surface area contributed by atoms with Crippen LogP contribution in [0.15, 0.2) is 60.7 Å². The summed E-state index contributed by atoms with van der Waals surface area (Å²) in [6, 6.07) is 18.6. The van der Waals surface area contributed by atoms with Gasteiger partial charge >= 0.3 is 11.9 Å². The molecule has 2 aromatic rings. The third-order valence-corrected chi connectivity index (χ3v) is 4.95. The average Bonchev–Trinajstić information content (AvgIpc) is 2.56. The summed E-state index contributed by atoms with van der Waals surface area (Å²) >= 11 is 0. The highest BCUT2D eigenvalue weighted by Gasteiger charge is 2.75. The zero-order chi connectivity index (χ0) is 16.6. The molecule has 5 rings (SSSR count). The van der Waals surface area contributed by atoms with Crippen LogP contribution < -0.4 is 0 Å². The third-order valence-electron chi connectivity index (χ3n) is 4.95. The molecule has 0 heterocycles. The molecule has 0 atom stereocenters. The number of rotatable bonds is 5. The summed E-state index contributed by atoms with van der Waals surface area (Å²) in [7, 11) is 0. The van der Waals surface area contributed by atoms with Crippen LogP contribution in [-0.4, -0.2) is 17.5 Å². The van der Waals surface area contributed by atoms with Crippen LogP contribution in [0.4, 0.5) is 0 Å². The Kier molecular flexibility index (Phi) is 3.41. The first-order valence-electron chi connectivity index (χ1n) is 8.11. The summed E-state index contributed by atoms with van der Waals surface area (Å²) in [6.07, 6.45) is 1.73. The molecule has 2 aromatic carbocycles. The van der Waals surface area contributed by atoms with Crippen molar-refractivity contribution in [1.82, 2.24) is 0 Å². The quantitative estimate of drug-likeness (QED) is 0.791. The van der Waals surface area contributed by atoms with E-state index in [0.717, 1.165) is 5.56 Å². The lowest BCUT2D eigenvalue weighted by Gasteiger charge is -2.66. The zero-order valence-electron chi connectivity index (χ0n) is 13.2. The van der Waals surface area contributed by atoms with Crippen molar-refractivity contribution >= 4 is 11.9 Å². The number of hydrogen-bond donors (Lipinski definition) is 0. The lowest BCUT2D eigenvalue weighted by atomic mass is 9.41. The first-order chi connectivity index (χ1) is 11.6. The molecule has 24 heavy (non-hydrogen) atoms. The van der Waals surface area contributed by atoms with E-state index >= 15 is 0 Å². The van der Waals surface area contributed by atoms with E-state index in [4.69, 9.17) is 9.47 Å². The predicted octanol–water partition coefficient (Wildman–Crippen LogP) is 3.51. The van der Waals surface area contributed by atoms with E-state index in [9.17, 15) is 9.59 Å². The molecule has 4 heteroatoms. The van der Waals surface area contributed by atoms with Gasteiger partial charge in [-0.3, -0.25) is 4.79 Å². The van der Waals surface area contributed by atoms with Gasteiger partial charge in [-0.2, -0.15) is 0 Å². The van der Waals surface area contributed by atoms with Gasteiger partial charge in [0.2, 0.25) is 0 Å². The summed E-state index contributed by atoms with van der Waals surface area (Å²) in [4.78, 5) is 24.4.